The summed E-state index contributed by atoms with van der Waals surface area (Å²) in [5, 5.41) is 2.93. The highest BCUT2D eigenvalue weighted by Gasteiger charge is 2.23. The summed E-state index contributed by atoms with van der Waals surface area (Å²) in [5.74, 6) is 0.0734. The number of benzene rings is 1. The topological polar surface area (TPSA) is 55.3 Å². The minimum atomic E-state index is 0.0734. The van der Waals surface area contributed by atoms with Crippen LogP contribution in [-0.2, 0) is 22.5 Å². The molecule has 1 aromatic carbocycles. The molecule has 0 N–H and O–H groups in total. The summed E-state index contributed by atoms with van der Waals surface area (Å²) in [6.45, 7) is 1.94. The maximum absolute atomic E-state index is 13.1. The van der Waals surface area contributed by atoms with Gasteiger partial charge in [0.2, 0.25) is 5.91 Å². The van der Waals surface area contributed by atoms with Crippen LogP contribution in [0.4, 0.5) is 0 Å². The van der Waals surface area contributed by atoms with Crippen molar-refractivity contribution in [1.82, 2.24) is 14.9 Å². The van der Waals surface area contributed by atoms with Crippen molar-refractivity contribution >= 4 is 17.2 Å². The fraction of sp³-hybridized carbons (Fsp3) is 0.318. The van der Waals surface area contributed by atoms with Gasteiger partial charge < -0.3 is 9.64 Å². The predicted octanol–water partition coefficient (Wildman–Crippen LogP) is 3.96. The van der Waals surface area contributed by atoms with Gasteiger partial charge in [0.1, 0.15) is 5.01 Å². The molecule has 1 fully saturated rings. The number of hydrogen-bond acceptors (Lipinski definition) is 5. The van der Waals surface area contributed by atoms with E-state index in [-0.39, 0.29) is 12.0 Å². The summed E-state index contributed by atoms with van der Waals surface area (Å²) in [6, 6.07) is 14.0. The number of rotatable bonds is 7. The number of nitrogens with zero attached hydrogens (tertiary/aromatic N) is 3. The molecule has 2 aromatic heterocycles. The quantitative estimate of drug-likeness (QED) is 0.610. The van der Waals surface area contributed by atoms with E-state index in [1.165, 1.54) is 0 Å². The number of carbonyl (C=O) groups excluding carboxylic acids is 1. The molecule has 3 aromatic rings. The molecule has 0 aliphatic carbocycles. The summed E-state index contributed by atoms with van der Waals surface area (Å²) in [5.41, 5.74) is 2.92. The van der Waals surface area contributed by atoms with E-state index in [1.807, 2.05) is 58.9 Å². The summed E-state index contributed by atoms with van der Waals surface area (Å²) in [7, 11) is 0. The van der Waals surface area contributed by atoms with E-state index in [0.717, 1.165) is 41.3 Å². The van der Waals surface area contributed by atoms with Crippen LogP contribution in [0, 0.1) is 0 Å². The van der Waals surface area contributed by atoms with Crippen molar-refractivity contribution in [2.45, 2.75) is 31.9 Å². The fourth-order valence-electron chi connectivity index (χ4n) is 3.37. The van der Waals surface area contributed by atoms with E-state index in [4.69, 9.17) is 4.74 Å². The molecule has 1 aliphatic rings. The van der Waals surface area contributed by atoms with Crippen LogP contribution in [0.5, 0.6) is 0 Å². The van der Waals surface area contributed by atoms with E-state index in [9.17, 15) is 4.79 Å². The van der Waals surface area contributed by atoms with Crippen LogP contribution in [0.2, 0.25) is 0 Å². The summed E-state index contributed by atoms with van der Waals surface area (Å²) < 4.78 is 5.76. The lowest BCUT2D eigenvalue weighted by Crippen LogP contribution is -2.37. The molecule has 3 heterocycles. The number of amides is 1. The van der Waals surface area contributed by atoms with Crippen LogP contribution in [0.15, 0.2) is 60.2 Å². The van der Waals surface area contributed by atoms with Gasteiger partial charge in [-0.2, -0.15) is 0 Å². The van der Waals surface area contributed by atoms with Crippen LogP contribution in [0.3, 0.4) is 0 Å². The maximum Gasteiger partial charge on any atom is 0.229 e. The normalized spacial score (nSPS) is 16.2. The van der Waals surface area contributed by atoms with Gasteiger partial charge in [0.15, 0.2) is 0 Å². The van der Waals surface area contributed by atoms with Crippen LogP contribution in [0.1, 0.15) is 24.1 Å². The average Bonchev–Trinajstić information content (AvgIpc) is 3.41. The molecule has 1 aliphatic heterocycles. The van der Waals surface area contributed by atoms with Crippen molar-refractivity contribution in [3.8, 4) is 10.6 Å². The molecule has 0 saturated carbocycles. The standard InChI is InChI=1S/C22H23N3O2S/c26-21(12-19-16-28-22(24-19)18-7-2-1-3-8-18)25(15-20-9-5-11-27-20)14-17-6-4-10-23-13-17/h1-4,6-8,10,13,16,20H,5,9,11-12,14-15H2. The summed E-state index contributed by atoms with van der Waals surface area (Å²) in [4.78, 5) is 23.8. The third-order valence-electron chi connectivity index (χ3n) is 4.80. The largest absolute Gasteiger partial charge is 0.376 e. The van der Waals surface area contributed by atoms with Gasteiger partial charge in [0.05, 0.1) is 18.2 Å². The zero-order chi connectivity index (χ0) is 19.2. The molecule has 1 amide bonds. The second-order valence-corrected chi connectivity index (χ2v) is 7.82. The highest BCUT2D eigenvalue weighted by molar-refractivity contribution is 7.13. The molecule has 5 nitrogen and oxygen atoms in total. The van der Waals surface area contributed by atoms with E-state index in [1.54, 1.807) is 17.5 Å². The Labute approximate surface area is 169 Å². The molecule has 28 heavy (non-hydrogen) atoms. The lowest BCUT2D eigenvalue weighted by Gasteiger charge is -2.25. The van der Waals surface area contributed by atoms with Crippen LogP contribution in [-0.4, -0.2) is 40.0 Å². The summed E-state index contributed by atoms with van der Waals surface area (Å²) in [6.07, 6.45) is 6.05. The number of ether oxygens (including phenoxy) is 1. The second kappa shape index (κ2) is 9.08. The lowest BCUT2D eigenvalue weighted by molar-refractivity contribution is -0.132. The zero-order valence-electron chi connectivity index (χ0n) is 15.7. The van der Waals surface area contributed by atoms with Gasteiger partial charge in [-0.1, -0.05) is 36.4 Å². The Hall–Kier alpha value is -2.57. The van der Waals surface area contributed by atoms with E-state index >= 15 is 0 Å². The SMILES string of the molecule is O=C(Cc1csc(-c2ccccc2)n1)N(Cc1cccnc1)CC1CCCO1. The first-order valence-corrected chi connectivity index (χ1v) is 10.4. The molecule has 144 valence electrons. The van der Waals surface area contributed by atoms with Gasteiger partial charge in [0.25, 0.3) is 0 Å². The third-order valence-corrected chi connectivity index (χ3v) is 5.74. The van der Waals surface area contributed by atoms with Gasteiger partial charge in [-0.15, -0.1) is 11.3 Å². The van der Waals surface area contributed by atoms with Crippen LogP contribution in [0.25, 0.3) is 10.6 Å². The van der Waals surface area contributed by atoms with E-state index < -0.39 is 0 Å². The first-order valence-electron chi connectivity index (χ1n) is 9.56. The minimum Gasteiger partial charge on any atom is -0.376 e. The molecule has 1 saturated heterocycles. The van der Waals surface area contributed by atoms with E-state index in [0.29, 0.717) is 19.5 Å². The highest BCUT2D eigenvalue weighted by atomic mass is 32.1. The predicted molar refractivity (Wildman–Crippen MR) is 110 cm³/mol. The first-order chi connectivity index (χ1) is 13.8. The number of hydrogen-bond donors (Lipinski definition) is 0. The molecule has 0 bridgehead atoms. The smallest absolute Gasteiger partial charge is 0.229 e. The Morgan fingerprint density at radius 1 is 1.21 bits per heavy atom. The summed E-state index contributed by atoms with van der Waals surface area (Å²) >= 11 is 1.58. The molecule has 0 spiro atoms. The van der Waals surface area contributed by atoms with E-state index in [2.05, 4.69) is 9.97 Å². The average molecular weight is 394 g/mol. The van der Waals surface area contributed by atoms with Crippen LogP contribution >= 0.6 is 11.3 Å². The van der Waals surface area contributed by atoms with Gasteiger partial charge in [-0.3, -0.25) is 9.78 Å². The van der Waals surface area contributed by atoms with Gasteiger partial charge >= 0.3 is 0 Å². The van der Waals surface area contributed by atoms with Crippen molar-refractivity contribution in [2.24, 2.45) is 0 Å². The molecule has 0 radical (unpaired) electrons. The Balaban J connectivity index is 1.46. The molecule has 6 heteroatoms. The Bertz CT molecular complexity index is 892. The fourth-order valence-corrected chi connectivity index (χ4v) is 4.19. The molecular formula is C22H23N3O2S. The Morgan fingerprint density at radius 2 is 2.11 bits per heavy atom. The van der Waals surface area contributed by atoms with Crippen molar-refractivity contribution in [3.63, 3.8) is 0 Å². The van der Waals surface area contributed by atoms with Gasteiger partial charge in [-0.05, 0) is 24.5 Å². The molecule has 1 unspecified atom stereocenters. The zero-order valence-corrected chi connectivity index (χ0v) is 16.5. The lowest BCUT2D eigenvalue weighted by atomic mass is 10.2. The number of pyridine rings is 1. The van der Waals surface area contributed by atoms with Crippen molar-refractivity contribution in [1.29, 1.82) is 0 Å². The van der Waals surface area contributed by atoms with Crippen LogP contribution < -0.4 is 0 Å². The van der Waals surface area contributed by atoms with Crippen molar-refractivity contribution < 1.29 is 9.53 Å². The number of carbonyl (C=O) groups is 1. The number of thiazole rings is 1. The van der Waals surface area contributed by atoms with Gasteiger partial charge in [0, 0.05) is 43.0 Å². The Morgan fingerprint density at radius 3 is 2.86 bits per heavy atom. The van der Waals surface area contributed by atoms with Crippen molar-refractivity contribution in [2.75, 3.05) is 13.2 Å². The number of aromatic nitrogens is 2. The maximum atomic E-state index is 13.1. The monoisotopic (exact) mass is 393 g/mol. The second-order valence-electron chi connectivity index (χ2n) is 6.96. The Kier molecular flexibility index (Phi) is 6.09. The first kappa shape index (κ1) is 18.8. The molecule has 4 rings (SSSR count). The molecule has 1 atom stereocenters. The van der Waals surface area contributed by atoms with Crippen molar-refractivity contribution in [3.05, 3.63) is 71.5 Å². The third kappa shape index (κ3) is 4.82. The highest BCUT2D eigenvalue weighted by Crippen LogP contribution is 2.24. The van der Waals surface area contributed by atoms with Gasteiger partial charge in [-0.25, -0.2) is 4.98 Å². The minimum absolute atomic E-state index is 0.0734. The molecular weight excluding hydrogens is 370 g/mol.